The van der Waals surface area contributed by atoms with E-state index < -0.39 is 5.54 Å². The largest absolute Gasteiger partial charge is 0.456 e. The van der Waals surface area contributed by atoms with Gasteiger partial charge < -0.3 is 25.7 Å². The van der Waals surface area contributed by atoms with Gasteiger partial charge in [0.2, 0.25) is 5.91 Å². The average molecular weight is 516 g/mol. The van der Waals surface area contributed by atoms with Crippen LogP contribution in [0.4, 0.5) is 11.5 Å². The molecule has 37 heavy (non-hydrogen) atoms. The minimum absolute atomic E-state index is 0.0668. The van der Waals surface area contributed by atoms with Gasteiger partial charge in [0.05, 0.1) is 21.8 Å². The van der Waals surface area contributed by atoms with Crippen molar-refractivity contribution in [2.24, 2.45) is 5.73 Å². The van der Waals surface area contributed by atoms with E-state index in [0.717, 1.165) is 43.9 Å². The highest BCUT2D eigenvalue weighted by molar-refractivity contribution is 7.13. The number of aromatic nitrogens is 4. The lowest BCUT2D eigenvalue weighted by Crippen LogP contribution is -2.39. The van der Waals surface area contributed by atoms with E-state index in [4.69, 9.17) is 10.5 Å². The Kier molecular flexibility index (Phi) is 6.77. The summed E-state index contributed by atoms with van der Waals surface area (Å²) in [4.78, 5) is 21.0. The Balaban J connectivity index is 1.31. The summed E-state index contributed by atoms with van der Waals surface area (Å²) in [5, 5.41) is 7.36. The maximum absolute atomic E-state index is 12.1. The minimum Gasteiger partial charge on any atom is -0.456 e. The van der Waals surface area contributed by atoms with Crippen LogP contribution in [-0.2, 0) is 11.3 Å². The number of fused-ring (bicyclic) bond motifs is 2. The second-order valence-corrected chi connectivity index (χ2v) is 10.5. The van der Waals surface area contributed by atoms with E-state index in [2.05, 4.69) is 25.0 Å². The monoisotopic (exact) mass is 515 g/mol. The molecule has 3 aromatic heterocycles. The van der Waals surface area contributed by atoms with Crippen molar-refractivity contribution in [2.45, 2.75) is 39.3 Å². The van der Waals surface area contributed by atoms with Crippen LogP contribution in [0, 0.1) is 6.92 Å². The zero-order valence-corrected chi connectivity index (χ0v) is 21.8. The van der Waals surface area contributed by atoms with Gasteiger partial charge in [-0.25, -0.2) is 9.97 Å². The number of rotatable bonds is 9. The Morgan fingerprint density at radius 3 is 2.84 bits per heavy atom. The molecule has 1 amide bonds. The molecule has 3 heterocycles. The fraction of sp³-hybridized carbons (Fsp3) is 0.259. The molecule has 0 bridgehead atoms. The van der Waals surface area contributed by atoms with Crippen LogP contribution in [0.15, 0.2) is 61.2 Å². The molecular formula is C27H29N7O2S. The maximum Gasteiger partial charge on any atom is 0.221 e. The lowest BCUT2D eigenvalue weighted by Gasteiger charge is -2.17. The third-order valence-corrected chi connectivity index (χ3v) is 6.62. The molecule has 9 nitrogen and oxygen atoms in total. The van der Waals surface area contributed by atoms with Crippen molar-refractivity contribution < 1.29 is 9.53 Å². The standard InChI is InChI=1S/C27H29N7O2S/c1-17-13-18(7-8-21(17)36-22-5-4-6-23-19(22)15-32-37-23)33-26-25-20(30-16-31-26)9-11-34(25)12-10-29-24(35)14-27(2,3)28/h4-9,11,13,15-16H,10,12,14,28H2,1-3H3,(H,29,35)(H,30,31,33). The van der Waals surface area contributed by atoms with Gasteiger partial charge in [0, 0.05) is 36.9 Å². The van der Waals surface area contributed by atoms with Crippen molar-refractivity contribution in [3.8, 4) is 11.5 Å². The summed E-state index contributed by atoms with van der Waals surface area (Å²) in [7, 11) is 0. The molecule has 5 rings (SSSR count). The second-order valence-electron chi connectivity index (χ2n) is 9.68. The fourth-order valence-corrected chi connectivity index (χ4v) is 4.82. The topological polar surface area (TPSA) is 120 Å². The predicted molar refractivity (Wildman–Crippen MR) is 148 cm³/mol. The highest BCUT2D eigenvalue weighted by Crippen LogP contribution is 2.34. The summed E-state index contributed by atoms with van der Waals surface area (Å²) in [5.74, 6) is 2.18. The van der Waals surface area contributed by atoms with Crippen LogP contribution in [0.3, 0.4) is 0 Å². The zero-order chi connectivity index (χ0) is 26.0. The van der Waals surface area contributed by atoms with E-state index in [1.807, 2.05) is 80.2 Å². The molecule has 0 atom stereocenters. The normalized spacial score (nSPS) is 11.7. The summed E-state index contributed by atoms with van der Waals surface area (Å²) >= 11 is 1.45. The van der Waals surface area contributed by atoms with Crippen LogP contribution in [0.25, 0.3) is 21.1 Å². The molecular weight excluding hydrogens is 486 g/mol. The molecule has 0 saturated carbocycles. The van der Waals surface area contributed by atoms with E-state index >= 15 is 0 Å². The molecule has 0 fully saturated rings. The Labute approximate surface area is 218 Å². The SMILES string of the molecule is Cc1cc(Nc2ncnc3ccn(CCNC(=O)CC(C)(C)N)c23)ccc1Oc1cccc2sncc12. The van der Waals surface area contributed by atoms with Gasteiger partial charge in [-0.2, -0.15) is 4.37 Å². The van der Waals surface area contributed by atoms with Gasteiger partial charge in [-0.3, -0.25) is 4.79 Å². The third kappa shape index (κ3) is 5.71. The number of nitrogens with two attached hydrogens (primary N) is 1. The van der Waals surface area contributed by atoms with E-state index in [1.54, 1.807) is 6.33 Å². The number of carbonyl (C=O) groups is 1. The quantitative estimate of drug-likeness (QED) is 0.249. The maximum atomic E-state index is 12.1. The first-order chi connectivity index (χ1) is 17.8. The average Bonchev–Trinajstić information content (AvgIpc) is 3.48. The van der Waals surface area contributed by atoms with Crippen molar-refractivity contribution >= 4 is 50.1 Å². The van der Waals surface area contributed by atoms with Crippen LogP contribution < -0.4 is 21.1 Å². The number of amides is 1. The van der Waals surface area contributed by atoms with E-state index in [-0.39, 0.29) is 12.3 Å². The highest BCUT2D eigenvalue weighted by atomic mass is 32.1. The first kappa shape index (κ1) is 24.7. The summed E-state index contributed by atoms with van der Waals surface area (Å²) in [6.45, 7) is 6.74. The van der Waals surface area contributed by atoms with Crippen molar-refractivity contribution in [1.82, 2.24) is 24.2 Å². The molecule has 0 aliphatic carbocycles. The number of nitrogens with one attached hydrogen (secondary N) is 2. The zero-order valence-electron chi connectivity index (χ0n) is 21.0. The molecule has 0 unspecified atom stereocenters. The number of carbonyl (C=O) groups excluding carboxylic acids is 1. The predicted octanol–water partition coefficient (Wildman–Crippen LogP) is 5.13. The molecule has 0 radical (unpaired) electrons. The van der Waals surface area contributed by atoms with Crippen LogP contribution in [-0.4, -0.2) is 36.9 Å². The number of hydrogen-bond acceptors (Lipinski definition) is 8. The van der Waals surface area contributed by atoms with Gasteiger partial charge in [0.15, 0.2) is 5.82 Å². The summed E-state index contributed by atoms with van der Waals surface area (Å²) in [6, 6.07) is 13.8. The lowest BCUT2D eigenvalue weighted by molar-refractivity contribution is -0.122. The van der Waals surface area contributed by atoms with E-state index in [9.17, 15) is 4.79 Å². The number of benzene rings is 2. The van der Waals surface area contributed by atoms with Crippen molar-refractivity contribution in [2.75, 3.05) is 11.9 Å². The van der Waals surface area contributed by atoms with Crippen LogP contribution in [0.2, 0.25) is 0 Å². The van der Waals surface area contributed by atoms with Gasteiger partial charge in [0.1, 0.15) is 23.3 Å². The molecule has 0 saturated heterocycles. The first-order valence-electron chi connectivity index (χ1n) is 12.0. The summed E-state index contributed by atoms with van der Waals surface area (Å²) in [5.41, 5.74) is 8.96. The van der Waals surface area contributed by atoms with Crippen molar-refractivity contribution in [3.63, 3.8) is 0 Å². The third-order valence-electron chi connectivity index (χ3n) is 5.86. The van der Waals surface area contributed by atoms with Crippen LogP contribution in [0.1, 0.15) is 25.8 Å². The Bertz CT molecular complexity index is 1570. The molecule has 0 spiro atoms. The number of anilines is 2. The smallest absolute Gasteiger partial charge is 0.221 e. The molecule has 0 aliphatic heterocycles. The summed E-state index contributed by atoms with van der Waals surface area (Å²) < 4.78 is 13.6. The molecule has 4 N–H and O–H groups in total. The van der Waals surface area contributed by atoms with Crippen LogP contribution >= 0.6 is 11.5 Å². The fourth-order valence-electron chi connectivity index (χ4n) is 4.15. The molecule has 0 aliphatic rings. The Morgan fingerprint density at radius 1 is 1.16 bits per heavy atom. The lowest BCUT2D eigenvalue weighted by atomic mass is 10.0. The number of nitrogens with zero attached hydrogens (tertiary/aromatic N) is 4. The summed E-state index contributed by atoms with van der Waals surface area (Å²) in [6.07, 6.45) is 5.60. The van der Waals surface area contributed by atoms with Gasteiger partial charge in [-0.05, 0) is 74.3 Å². The number of hydrogen-bond donors (Lipinski definition) is 3. The number of ether oxygens (including phenoxy) is 1. The molecule has 2 aromatic carbocycles. The molecule has 10 heteroatoms. The van der Waals surface area contributed by atoms with Gasteiger partial charge >= 0.3 is 0 Å². The molecule has 5 aromatic rings. The molecule has 190 valence electrons. The van der Waals surface area contributed by atoms with Crippen molar-refractivity contribution in [3.05, 3.63) is 66.7 Å². The van der Waals surface area contributed by atoms with E-state index in [1.165, 1.54) is 11.5 Å². The van der Waals surface area contributed by atoms with Crippen molar-refractivity contribution in [1.29, 1.82) is 0 Å². The van der Waals surface area contributed by atoms with Gasteiger partial charge in [0.25, 0.3) is 0 Å². The van der Waals surface area contributed by atoms with Gasteiger partial charge in [-0.1, -0.05) is 6.07 Å². The van der Waals surface area contributed by atoms with E-state index in [0.29, 0.717) is 18.9 Å². The number of aryl methyl sites for hydroxylation is 1. The Morgan fingerprint density at radius 2 is 2.03 bits per heavy atom. The first-order valence-corrected chi connectivity index (χ1v) is 12.8. The highest BCUT2D eigenvalue weighted by Gasteiger charge is 2.16. The van der Waals surface area contributed by atoms with Gasteiger partial charge in [-0.15, -0.1) is 0 Å². The second kappa shape index (κ2) is 10.2. The minimum atomic E-state index is -0.539. The Hall–Kier alpha value is -4.02. The van der Waals surface area contributed by atoms with Crippen LogP contribution in [0.5, 0.6) is 11.5 Å².